The smallest absolute Gasteiger partial charge is 0.141 e. The third-order valence-electron chi connectivity index (χ3n) is 6.03. The number of thiazole rings is 1. The summed E-state index contributed by atoms with van der Waals surface area (Å²) in [6.07, 6.45) is 3.68. The van der Waals surface area contributed by atoms with E-state index in [9.17, 15) is 0 Å². The molecule has 0 atom stereocenters. The number of thiophene rings is 1. The van der Waals surface area contributed by atoms with E-state index in [1.807, 2.05) is 29.6 Å². The van der Waals surface area contributed by atoms with E-state index in [0.29, 0.717) is 0 Å². The van der Waals surface area contributed by atoms with Gasteiger partial charge in [-0.15, -0.1) is 22.7 Å². The van der Waals surface area contributed by atoms with Crippen LogP contribution in [0.4, 0.5) is 5.82 Å². The van der Waals surface area contributed by atoms with Crippen LogP contribution in [0.3, 0.4) is 0 Å². The minimum absolute atomic E-state index is 0.893. The van der Waals surface area contributed by atoms with Crippen molar-refractivity contribution in [2.45, 2.75) is 32.7 Å². The van der Waals surface area contributed by atoms with Gasteiger partial charge in [0.05, 0.1) is 22.1 Å². The number of hydrogen-bond donors (Lipinski definition) is 0. The Morgan fingerprint density at radius 1 is 0.966 bits per heavy atom. The van der Waals surface area contributed by atoms with Gasteiger partial charge in [-0.2, -0.15) is 0 Å². The first-order chi connectivity index (χ1) is 14.2. The number of rotatable bonds is 3. The molecule has 7 heteroatoms. The fourth-order valence-electron chi connectivity index (χ4n) is 4.61. The lowest BCUT2D eigenvalue weighted by molar-refractivity contribution is 0.249. The van der Waals surface area contributed by atoms with Crippen LogP contribution >= 0.6 is 22.7 Å². The fraction of sp³-hybridized carbons (Fsp3) is 0.409. The highest BCUT2D eigenvalue weighted by molar-refractivity contribution is 7.19. The van der Waals surface area contributed by atoms with E-state index in [-0.39, 0.29) is 0 Å². The number of piperazine rings is 1. The maximum atomic E-state index is 4.91. The average Bonchev–Trinajstić information content (AvgIpc) is 3.41. The first-order valence-corrected chi connectivity index (χ1v) is 12.0. The molecule has 0 N–H and O–H groups in total. The zero-order valence-corrected chi connectivity index (χ0v) is 18.2. The molecule has 1 saturated heterocycles. The molecule has 4 heterocycles. The van der Waals surface area contributed by atoms with Crippen LogP contribution < -0.4 is 4.90 Å². The molecule has 5 nitrogen and oxygen atoms in total. The molecule has 4 aromatic rings. The van der Waals surface area contributed by atoms with Crippen LogP contribution in [-0.4, -0.2) is 46.0 Å². The molecule has 0 radical (unpaired) electrons. The molecule has 2 aliphatic rings. The summed E-state index contributed by atoms with van der Waals surface area (Å²) in [6, 6.07) is 8.43. The van der Waals surface area contributed by atoms with E-state index < -0.39 is 0 Å². The molecule has 0 saturated carbocycles. The first-order valence-electron chi connectivity index (χ1n) is 10.4. The van der Waals surface area contributed by atoms with E-state index in [1.54, 1.807) is 0 Å². The Hall–Kier alpha value is -2.09. The third-order valence-corrected chi connectivity index (χ3v) is 8.23. The summed E-state index contributed by atoms with van der Waals surface area (Å²) in [5.41, 5.74) is 2.65. The first kappa shape index (κ1) is 17.7. The SMILES string of the molecule is Cc1nc(N2CCN(Cc3nc4ccccc4s3)CC2)c2c3c(sc2n1)CCC3. The molecule has 1 aliphatic heterocycles. The number of para-hydroxylation sites is 1. The summed E-state index contributed by atoms with van der Waals surface area (Å²) in [5.74, 6) is 2.07. The molecule has 1 fully saturated rings. The highest BCUT2D eigenvalue weighted by Crippen LogP contribution is 2.40. The van der Waals surface area contributed by atoms with E-state index in [4.69, 9.17) is 15.0 Å². The van der Waals surface area contributed by atoms with E-state index in [1.165, 1.54) is 55.4 Å². The highest BCUT2D eigenvalue weighted by Gasteiger charge is 2.26. The van der Waals surface area contributed by atoms with Crippen LogP contribution in [0.2, 0.25) is 0 Å². The summed E-state index contributed by atoms with van der Waals surface area (Å²) in [6.45, 7) is 7.10. The number of nitrogens with zero attached hydrogens (tertiary/aromatic N) is 5. The lowest BCUT2D eigenvalue weighted by atomic mass is 10.1. The van der Waals surface area contributed by atoms with Crippen molar-refractivity contribution in [1.82, 2.24) is 19.9 Å². The zero-order chi connectivity index (χ0) is 19.4. The fourth-order valence-corrected chi connectivity index (χ4v) is 6.92. The summed E-state index contributed by atoms with van der Waals surface area (Å²) >= 11 is 3.71. The Morgan fingerprint density at radius 2 is 1.83 bits per heavy atom. The minimum atomic E-state index is 0.893. The lowest BCUT2D eigenvalue weighted by Gasteiger charge is -2.35. The van der Waals surface area contributed by atoms with E-state index >= 15 is 0 Å². The van der Waals surface area contributed by atoms with Gasteiger partial charge in [-0.3, -0.25) is 4.90 Å². The maximum Gasteiger partial charge on any atom is 0.141 e. The Morgan fingerprint density at radius 3 is 2.69 bits per heavy atom. The molecule has 0 unspecified atom stereocenters. The van der Waals surface area contributed by atoms with E-state index in [2.05, 4.69) is 34.1 Å². The summed E-state index contributed by atoms with van der Waals surface area (Å²) in [4.78, 5) is 22.2. The maximum absolute atomic E-state index is 4.91. The Kier molecular flexibility index (Phi) is 4.29. The minimum Gasteiger partial charge on any atom is -0.353 e. The summed E-state index contributed by atoms with van der Waals surface area (Å²) in [7, 11) is 0. The van der Waals surface area contributed by atoms with Crippen molar-refractivity contribution in [3.8, 4) is 0 Å². The molecular formula is C22H23N5S2. The Labute approximate surface area is 178 Å². The number of hydrogen-bond acceptors (Lipinski definition) is 7. The highest BCUT2D eigenvalue weighted by atomic mass is 32.1. The van der Waals surface area contributed by atoms with Crippen molar-refractivity contribution in [2.75, 3.05) is 31.1 Å². The van der Waals surface area contributed by atoms with Gasteiger partial charge in [0, 0.05) is 31.1 Å². The van der Waals surface area contributed by atoms with Crippen molar-refractivity contribution >= 4 is 48.9 Å². The van der Waals surface area contributed by atoms with Gasteiger partial charge in [0.25, 0.3) is 0 Å². The van der Waals surface area contributed by atoms with Gasteiger partial charge >= 0.3 is 0 Å². The van der Waals surface area contributed by atoms with Crippen LogP contribution in [0.25, 0.3) is 20.4 Å². The van der Waals surface area contributed by atoms with Gasteiger partial charge in [-0.1, -0.05) is 12.1 Å². The quantitative estimate of drug-likeness (QED) is 0.490. The van der Waals surface area contributed by atoms with Crippen molar-refractivity contribution in [2.24, 2.45) is 0 Å². The standard InChI is InChI=1S/C22H23N5S2/c1-14-23-21(20-15-5-4-8-17(15)29-22(20)24-14)27-11-9-26(10-12-27)13-19-25-16-6-2-3-7-18(16)28-19/h2-3,6-7H,4-5,8-13H2,1H3. The second kappa shape index (κ2) is 7.00. The number of aromatic nitrogens is 3. The van der Waals surface area contributed by atoms with Crippen molar-refractivity contribution in [3.05, 3.63) is 45.5 Å². The van der Waals surface area contributed by atoms with Crippen LogP contribution in [0.5, 0.6) is 0 Å². The Balaban J connectivity index is 1.22. The monoisotopic (exact) mass is 421 g/mol. The van der Waals surface area contributed by atoms with Crippen LogP contribution in [0, 0.1) is 6.92 Å². The lowest BCUT2D eigenvalue weighted by Crippen LogP contribution is -2.46. The Bertz CT molecular complexity index is 1170. The van der Waals surface area contributed by atoms with Gasteiger partial charge in [-0.25, -0.2) is 15.0 Å². The largest absolute Gasteiger partial charge is 0.353 e. The predicted molar refractivity (Wildman–Crippen MR) is 121 cm³/mol. The number of anilines is 1. The predicted octanol–water partition coefficient (Wildman–Crippen LogP) is 4.42. The van der Waals surface area contributed by atoms with Crippen LogP contribution in [0.15, 0.2) is 24.3 Å². The van der Waals surface area contributed by atoms with Crippen molar-refractivity contribution in [3.63, 3.8) is 0 Å². The average molecular weight is 422 g/mol. The molecule has 0 bridgehead atoms. The third kappa shape index (κ3) is 3.12. The van der Waals surface area contributed by atoms with Crippen LogP contribution in [0.1, 0.15) is 27.7 Å². The van der Waals surface area contributed by atoms with Gasteiger partial charge in [0.2, 0.25) is 0 Å². The molecule has 0 amide bonds. The molecule has 148 valence electrons. The van der Waals surface area contributed by atoms with Crippen molar-refractivity contribution in [1.29, 1.82) is 0 Å². The number of aryl methyl sites for hydroxylation is 3. The van der Waals surface area contributed by atoms with Gasteiger partial charge < -0.3 is 4.90 Å². The second-order valence-corrected chi connectivity index (χ2v) is 10.2. The topological polar surface area (TPSA) is 45.2 Å². The molecule has 29 heavy (non-hydrogen) atoms. The second-order valence-electron chi connectivity index (χ2n) is 7.97. The van der Waals surface area contributed by atoms with Gasteiger partial charge in [-0.05, 0) is 43.9 Å². The normalized spacial score (nSPS) is 17.5. The van der Waals surface area contributed by atoms with Crippen molar-refractivity contribution < 1.29 is 0 Å². The number of benzene rings is 1. The molecule has 3 aromatic heterocycles. The van der Waals surface area contributed by atoms with Crippen LogP contribution in [-0.2, 0) is 19.4 Å². The molecule has 0 spiro atoms. The molecule has 1 aromatic carbocycles. The summed E-state index contributed by atoms with van der Waals surface area (Å²) < 4.78 is 1.28. The van der Waals surface area contributed by atoms with E-state index in [0.717, 1.165) is 44.1 Å². The summed E-state index contributed by atoms with van der Waals surface area (Å²) in [5, 5.41) is 2.56. The van der Waals surface area contributed by atoms with Gasteiger partial charge in [0.1, 0.15) is 21.5 Å². The number of fused-ring (bicyclic) bond motifs is 4. The molecule has 1 aliphatic carbocycles. The molecule has 6 rings (SSSR count). The van der Waals surface area contributed by atoms with Gasteiger partial charge in [0.15, 0.2) is 0 Å². The molecular weight excluding hydrogens is 398 g/mol. The zero-order valence-electron chi connectivity index (χ0n) is 16.5.